The van der Waals surface area contributed by atoms with E-state index in [1.807, 2.05) is 57.2 Å². The number of carbonyl (C=O) groups excluding carboxylic acids is 7. The van der Waals surface area contributed by atoms with E-state index in [4.69, 9.17) is 17.2 Å². The van der Waals surface area contributed by atoms with Gasteiger partial charge in [-0.15, -0.1) is 10.2 Å². The van der Waals surface area contributed by atoms with Gasteiger partial charge in [0, 0.05) is 53.1 Å². The molecular formula is C72H90N10O11. The summed E-state index contributed by atoms with van der Waals surface area (Å²) in [6.45, 7) is 13.8. The van der Waals surface area contributed by atoms with Gasteiger partial charge in [-0.3, -0.25) is 38.4 Å². The van der Waals surface area contributed by atoms with Crippen LogP contribution in [0.2, 0.25) is 0 Å². The first-order valence-corrected chi connectivity index (χ1v) is 31.0. The number of azo groups is 2. The number of Topliss-reactive ketones (excluding diaryl/α,β-unsaturated/α-hetero) is 2. The Morgan fingerprint density at radius 2 is 0.849 bits per heavy atom. The molecule has 0 bridgehead atoms. The summed E-state index contributed by atoms with van der Waals surface area (Å²) in [5.74, 6) is -3.79. The van der Waals surface area contributed by atoms with Gasteiger partial charge in [0.15, 0.2) is 11.4 Å². The van der Waals surface area contributed by atoms with Crippen molar-refractivity contribution in [2.45, 2.75) is 131 Å². The molecule has 0 saturated heterocycles. The van der Waals surface area contributed by atoms with Gasteiger partial charge in [-0.25, -0.2) is 0 Å². The third-order valence-electron chi connectivity index (χ3n) is 15.7. The molecule has 0 heterocycles. The molecule has 12 N–H and O–H groups in total. The number of nitrogens with two attached hydrogens (primary N) is 3. The second-order valence-corrected chi connectivity index (χ2v) is 22.8. The van der Waals surface area contributed by atoms with Crippen LogP contribution < -0.4 is 33.2 Å². The highest BCUT2D eigenvalue weighted by Crippen LogP contribution is 2.32. The van der Waals surface area contributed by atoms with Gasteiger partial charge in [0.1, 0.15) is 23.1 Å². The Hall–Kier alpha value is -10.4. The second kappa shape index (κ2) is 39.0. The van der Waals surface area contributed by atoms with E-state index in [9.17, 15) is 53.7 Å². The normalized spacial score (nSPS) is 13.5. The van der Waals surface area contributed by atoms with Crippen molar-refractivity contribution in [3.8, 4) is 0 Å². The fourth-order valence-electron chi connectivity index (χ4n) is 9.70. The summed E-state index contributed by atoms with van der Waals surface area (Å²) in [4.78, 5) is 96.0. The zero-order chi connectivity index (χ0) is 68.6. The second-order valence-electron chi connectivity index (χ2n) is 22.8. The molecule has 21 nitrogen and oxygen atoms in total. The number of ketones is 2. The first kappa shape index (κ1) is 75.0. The molecule has 0 aromatic heterocycles. The number of nitrogens with zero attached hydrogens (tertiary/aromatic N) is 4. The Morgan fingerprint density at radius 3 is 1.28 bits per heavy atom. The van der Waals surface area contributed by atoms with Crippen LogP contribution in [0.15, 0.2) is 201 Å². The predicted octanol–water partition coefficient (Wildman–Crippen LogP) is 15.6. The molecule has 6 aromatic carbocycles. The SMILES string of the molecule is CC(O)=C(N=Nc1cccc(C(N)=O)c1)C(=O)Nc1cccc(N)c1.CCC(CCC(CCC(C)C(C)=O)C(=O)Nc1cccc(NC(=O)C(N=Nc2cccc(C(N)=O)c2)=C(C)O)c1)c1ccccc1.CCC(CCC(CCC(C)C(C)=O)c1ccccc1)C(=O)O.[2HH]. The number of carboxylic acids is 1. The van der Waals surface area contributed by atoms with Crippen LogP contribution in [-0.2, 0) is 28.8 Å². The van der Waals surface area contributed by atoms with E-state index in [1.165, 1.54) is 49.2 Å². The lowest BCUT2D eigenvalue weighted by Crippen LogP contribution is -2.25. The number of carbonyl (C=O) groups is 8. The lowest BCUT2D eigenvalue weighted by Gasteiger charge is -2.22. The van der Waals surface area contributed by atoms with Crippen molar-refractivity contribution >= 4 is 81.2 Å². The number of rotatable bonds is 31. The first-order chi connectivity index (χ1) is 44.3. The maximum Gasteiger partial charge on any atom is 0.306 e. The summed E-state index contributed by atoms with van der Waals surface area (Å²) >= 11 is 0. The average molecular weight is 1270 g/mol. The summed E-state index contributed by atoms with van der Waals surface area (Å²) in [7, 11) is 0. The van der Waals surface area contributed by atoms with Gasteiger partial charge in [0.05, 0.1) is 17.3 Å². The molecule has 6 atom stereocenters. The number of nitrogen functional groups attached to an aromatic ring is 1. The topological polar surface area (TPSA) is 361 Å². The highest BCUT2D eigenvalue weighted by atomic mass is 16.4. The molecule has 21 heteroatoms. The van der Waals surface area contributed by atoms with Crippen LogP contribution in [0, 0.1) is 23.7 Å². The number of hydrogen-bond acceptors (Lipinski definition) is 15. The van der Waals surface area contributed by atoms with Crippen molar-refractivity contribution in [1.29, 1.82) is 0 Å². The number of amides is 5. The third kappa shape index (κ3) is 26.5. The number of aliphatic carboxylic acids is 1. The highest BCUT2D eigenvalue weighted by Gasteiger charge is 2.25. The van der Waals surface area contributed by atoms with E-state index in [0.29, 0.717) is 72.4 Å². The summed E-state index contributed by atoms with van der Waals surface area (Å²) in [6, 6.07) is 45.9. The van der Waals surface area contributed by atoms with Crippen molar-refractivity contribution in [1.82, 2.24) is 0 Å². The Labute approximate surface area is 545 Å². The molecule has 5 amide bonds. The molecule has 93 heavy (non-hydrogen) atoms. The maximum absolute atomic E-state index is 13.6. The fourth-order valence-corrected chi connectivity index (χ4v) is 9.70. The zero-order valence-electron chi connectivity index (χ0n) is 54.2. The lowest BCUT2D eigenvalue weighted by atomic mass is 9.84. The molecule has 6 aromatic rings. The van der Waals surface area contributed by atoms with E-state index >= 15 is 0 Å². The van der Waals surface area contributed by atoms with Crippen molar-refractivity contribution in [3.05, 3.63) is 203 Å². The summed E-state index contributed by atoms with van der Waals surface area (Å²) in [6.07, 6.45) is 7.65. The van der Waals surface area contributed by atoms with Gasteiger partial charge >= 0.3 is 5.97 Å². The first-order valence-electron chi connectivity index (χ1n) is 31.0. The molecule has 0 spiro atoms. The van der Waals surface area contributed by atoms with Crippen LogP contribution in [-0.4, -0.2) is 62.4 Å². The summed E-state index contributed by atoms with van der Waals surface area (Å²) in [5.41, 5.74) is 20.9. The lowest BCUT2D eigenvalue weighted by molar-refractivity contribution is -0.142. The number of aliphatic hydroxyl groups excluding tert-OH is 2. The number of benzene rings is 6. The van der Waals surface area contributed by atoms with Crippen molar-refractivity contribution in [2.75, 3.05) is 21.7 Å². The smallest absolute Gasteiger partial charge is 0.306 e. The van der Waals surface area contributed by atoms with E-state index in [1.54, 1.807) is 86.6 Å². The number of carboxylic acid groups (broad SMARTS) is 1. The van der Waals surface area contributed by atoms with Crippen LogP contribution in [0.5, 0.6) is 0 Å². The number of aliphatic hydroxyl groups is 2. The van der Waals surface area contributed by atoms with Crippen LogP contribution >= 0.6 is 0 Å². The molecule has 0 aliphatic rings. The van der Waals surface area contributed by atoms with Crippen molar-refractivity contribution in [2.24, 2.45) is 55.6 Å². The van der Waals surface area contributed by atoms with Crippen LogP contribution in [0.4, 0.5) is 34.1 Å². The summed E-state index contributed by atoms with van der Waals surface area (Å²) in [5, 5.41) is 52.8. The highest BCUT2D eigenvalue weighted by molar-refractivity contribution is 6.05. The van der Waals surface area contributed by atoms with E-state index < -0.39 is 29.6 Å². The van der Waals surface area contributed by atoms with Crippen LogP contribution in [0.1, 0.15) is 165 Å². The van der Waals surface area contributed by atoms with Gasteiger partial charge in [-0.1, -0.05) is 113 Å². The Balaban J connectivity index is 0.000000404. The van der Waals surface area contributed by atoms with Gasteiger partial charge in [0.25, 0.3) is 11.8 Å². The van der Waals surface area contributed by atoms with E-state index in [0.717, 1.165) is 32.1 Å². The maximum atomic E-state index is 13.6. The van der Waals surface area contributed by atoms with E-state index in [-0.39, 0.29) is 82.3 Å². The average Bonchev–Trinajstić information content (AvgIpc) is 1.12. The Bertz CT molecular complexity index is 3630. The zero-order valence-corrected chi connectivity index (χ0v) is 54.2. The van der Waals surface area contributed by atoms with Crippen molar-refractivity contribution in [3.63, 3.8) is 0 Å². The standard InChI is InChI=1S/C36H43N5O5.C19H28O3.C17H17N5O3.H2/c1-5-26(27-11-7-6-8-12-27)19-20-28(18-17-23(2)24(3)42)35(45)38-30-14-10-15-31(22-30)39-36(46)33(25(4)43)41-40-32-16-9-13-29(21-32)34(37)44;1-4-16(19(21)22)12-13-18(11-10-14(2)15(3)20)17-8-6-5-7-9-17;1-10(23)15(17(25)20-13-6-3-5-12(18)9-13)22-21-14-7-2-4-11(8-14)16(19)24;/h6-16,21-23,26,28,43H,5,17-20H2,1-4H3,(H2,37,44)(H,38,45)(H,39,46);5-9,14,16,18H,4,10-13H2,1-3H3,(H,21,22);2-9,23H,18H2,1H3,(H2,19,24)(H,20,25);1H/i;;;1+1. The quantitative estimate of drug-likeness (QED) is 0.00849. The van der Waals surface area contributed by atoms with E-state index in [2.05, 4.69) is 67.6 Å². The van der Waals surface area contributed by atoms with Gasteiger partial charge in [-0.05, 0) is 188 Å². The molecule has 6 unspecified atom stereocenters. The number of primary amides is 2. The van der Waals surface area contributed by atoms with Gasteiger partial charge in [-0.2, -0.15) is 10.2 Å². The molecule has 6 rings (SSSR count). The largest absolute Gasteiger partial charge is 0.510 e. The molecular weight excluding hydrogens is 1180 g/mol. The van der Waals surface area contributed by atoms with Crippen molar-refractivity contribution < 1.29 is 55.1 Å². The minimum atomic E-state index is -0.721. The fraction of sp³-hybridized carbons (Fsp3) is 0.333. The van der Waals surface area contributed by atoms with Crippen LogP contribution in [0.3, 0.4) is 0 Å². The van der Waals surface area contributed by atoms with Gasteiger partial charge < -0.3 is 48.5 Å². The molecule has 0 aliphatic heterocycles. The Kier molecular flexibility index (Phi) is 31.4. The number of allylic oxidation sites excluding steroid dienone is 2. The molecule has 494 valence electrons. The Morgan fingerprint density at radius 1 is 0.452 bits per heavy atom. The molecule has 0 fully saturated rings. The number of nitrogens with one attached hydrogen (secondary N) is 3. The monoisotopic (exact) mass is 1270 g/mol. The predicted molar refractivity (Wildman–Crippen MR) is 365 cm³/mol. The van der Waals surface area contributed by atoms with Gasteiger partial charge in [0.2, 0.25) is 17.7 Å². The summed E-state index contributed by atoms with van der Waals surface area (Å²) < 4.78 is 0. The minimum Gasteiger partial charge on any atom is -0.510 e. The van der Waals surface area contributed by atoms with Crippen LogP contribution in [0.25, 0.3) is 0 Å². The minimum absolute atomic E-state index is 0. The third-order valence-corrected chi connectivity index (χ3v) is 15.7. The number of hydrogen-bond donors (Lipinski definition) is 9. The molecule has 0 aliphatic carbocycles. The molecule has 0 saturated carbocycles. The number of anilines is 4. The molecule has 0 radical (unpaired) electrons.